The minimum atomic E-state index is 0.376. The SMILES string of the molecule is CC(C)COC(C)CCCN. The molecule has 0 rings (SSSR count). The Kier molecular flexibility index (Phi) is 6.57. The van der Waals surface area contributed by atoms with Gasteiger partial charge >= 0.3 is 0 Å². The summed E-state index contributed by atoms with van der Waals surface area (Å²) in [5, 5.41) is 0. The molecule has 0 radical (unpaired) electrons. The summed E-state index contributed by atoms with van der Waals surface area (Å²) >= 11 is 0. The summed E-state index contributed by atoms with van der Waals surface area (Å²) in [6.07, 6.45) is 2.53. The molecule has 0 fully saturated rings. The third-order valence-corrected chi connectivity index (χ3v) is 1.53. The number of hydrogen-bond acceptors (Lipinski definition) is 2. The zero-order valence-electron chi connectivity index (χ0n) is 7.97. The van der Waals surface area contributed by atoms with Crippen LogP contribution in [-0.4, -0.2) is 19.3 Å². The van der Waals surface area contributed by atoms with Crippen molar-refractivity contribution in [3.63, 3.8) is 0 Å². The molecule has 0 aromatic heterocycles. The van der Waals surface area contributed by atoms with Crippen LogP contribution in [0.15, 0.2) is 0 Å². The van der Waals surface area contributed by atoms with Crippen LogP contribution in [0.4, 0.5) is 0 Å². The second-order valence-corrected chi connectivity index (χ2v) is 3.47. The molecule has 0 spiro atoms. The van der Waals surface area contributed by atoms with Gasteiger partial charge in [-0.25, -0.2) is 0 Å². The Morgan fingerprint density at radius 1 is 1.27 bits per heavy atom. The van der Waals surface area contributed by atoms with Crippen molar-refractivity contribution < 1.29 is 4.74 Å². The number of rotatable bonds is 6. The van der Waals surface area contributed by atoms with E-state index in [1.807, 2.05) is 0 Å². The highest BCUT2D eigenvalue weighted by atomic mass is 16.5. The van der Waals surface area contributed by atoms with Crippen molar-refractivity contribution >= 4 is 0 Å². The Labute approximate surface area is 70.1 Å². The average molecular weight is 159 g/mol. The predicted octanol–water partition coefficient (Wildman–Crippen LogP) is 1.79. The molecule has 68 valence electrons. The molecule has 11 heavy (non-hydrogen) atoms. The van der Waals surface area contributed by atoms with Gasteiger partial charge in [-0.3, -0.25) is 0 Å². The Morgan fingerprint density at radius 3 is 2.36 bits per heavy atom. The second kappa shape index (κ2) is 6.62. The lowest BCUT2D eigenvalue weighted by atomic mass is 10.2. The quantitative estimate of drug-likeness (QED) is 0.641. The lowest BCUT2D eigenvalue weighted by molar-refractivity contribution is 0.0417. The van der Waals surface area contributed by atoms with Crippen LogP contribution in [0.1, 0.15) is 33.6 Å². The van der Waals surface area contributed by atoms with E-state index in [2.05, 4.69) is 20.8 Å². The van der Waals surface area contributed by atoms with Crippen molar-refractivity contribution in [1.82, 2.24) is 0 Å². The van der Waals surface area contributed by atoms with Gasteiger partial charge in [0, 0.05) is 6.61 Å². The third kappa shape index (κ3) is 7.82. The zero-order chi connectivity index (χ0) is 8.69. The van der Waals surface area contributed by atoms with Gasteiger partial charge in [0.1, 0.15) is 0 Å². The third-order valence-electron chi connectivity index (χ3n) is 1.53. The van der Waals surface area contributed by atoms with Crippen molar-refractivity contribution in [3.8, 4) is 0 Å². The van der Waals surface area contributed by atoms with Gasteiger partial charge < -0.3 is 10.5 Å². The van der Waals surface area contributed by atoms with E-state index < -0.39 is 0 Å². The normalized spacial score (nSPS) is 13.9. The summed E-state index contributed by atoms with van der Waals surface area (Å²) < 4.78 is 5.55. The van der Waals surface area contributed by atoms with E-state index in [9.17, 15) is 0 Å². The maximum absolute atomic E-state index is 5.55. The van der Waals surface area contributed by atoms with E-state index in [4.69, 9.17) is 10.5 Å². The van der Waals surface area contributed by atoms with Crippen molar-refractivity contribution in [1.29, 1.82) is 0 Å². The van der Waals surface area contributed by atoms with Gasteiger partial charge in [-0.1, -0.05) is 13.8 Å². The Morgan fingerprint density at radius 2 is 1.91 bits per heavy atom. The van der Waals surface area contributed by atoms with Crippen LogP contribution in [0.5, 0.6) is 0 Å². The minimum absolute atomic E-state index is 0.376. The summed E-state index contributed by atoms with van der Waals surface area (Å²) in [4.78, 5) is 0. The molecule has 0 amide bonds. The van der Waals surface area contributed by atoms with Crippen LogP contribution < -0.4 is 5.73 Å². The molecule has 2 N–H and O–H groups in total. The Hall–Kier alpha value is -0.0800. The first-order valence-electron chi connectivity index (χ1n) is 4.48. The van der Waals surface area contributed by atoms with Gasteiger partial charge in [-0.2, -0.15) is 0 Å². The fraction of sp³-hybridized carbons (Fsp3) is 1.00. The van der Waals surface area contributed by atoms with Gasteiger partial charge in [-0.15, -0.1) is 0 Å². The topological polar surface area (TPSA) is 35.2 Å². The van der Waals surface area contributed by atoms with Gasteiger partial charge in [0.25, 0.3) is 0 Å². The van der Waals surface area contributed by atoms with Crippen molar-refractivity contribution in [2.24, 2.45) is 11.7 Å². The lowest BCUT2D eigenvalue weighted by Crippen LogP contribution is -2.14. The van der Waals surface area contributed by atoms with Crippen molar-refractivity contribution in [2.75, 3.05) is 13.2 Å². The molecule has 0 aromatic rings. The fourth-order valence-electron chi connectivity index (χ4n) is 0.845. The molecule has 0 aliphatic heterocycles. The highest BCUT2D eigenvalue weighted by Crippen LogP contribution is 2.03. The van der Waals surface area contributed by atoms with Gasteiger partial charge in [0.15, 0.2) is 0 Å². The highest BCUT2D eigenvalue weighted by molar-refractivity contribution is 4.52. The smallest absolute Gasteiger partial charge is 0.0547 e. The first-order valence-corrected chi connectivity index (χ1v) is 4.48. The predicted molar refractivity (Wildman–Crippen MR) is 48.5 cm³/mol. The van der Waals surface area contributed by atoms with E-state index >= 15 is 0 Å². The molecule has 0 saturated heterocycles. The molecular formula is C9H21NO. The van der Waals surface area contributed by atoms with Crippen LogP contribution in [0, 0.1) is 5.92 Å². The zero-order valence-corrected chi connectivity index (χ0v) is 7.97. The first kappa shape index (κ1) is 10.9. The number of nitrogens with two attached hydrogens (primary N) is 1. The second-order valence-electron chi connectivity index (χ2n) is 3.47. The van der Waals surface area contributed by atoms with Crippen LogP contribution in [0.25, 0.3) is 0 Å². The van der Waals surface area contributed by atoms with Crippen LogP contribution >= 0.6 is 0 Å². The summed E-state index contributed by atoms with van der Waals surface area (Å²) in [5.74, 6) is 0.635. The minimum Gasteiger partial charge on any atom is -0.378 e. The fourth-order valence-corrected chi connectivity index (χ4v) is 0.845. The molecule has 0 bridgehead atoms. The van der Waals surface area contributed by atoms with Crippen molar-refractivity contribution in [3.05, 3.63) is 0 Å². The van der Waals surface area contributed by atoms with E-state index in [-0.39, 0.29) is 0 Å². The van der Waals surface area contributed by atoms with Gasteiger partial charge in [-0.05, 0) is 32.2 Å². The molecule has 1 unspecified atom stereocenters. The Balaban J connectivity index is 3.15. The van der Waals surface area contributed by atoms with Gasteiger partial charge in [0.05, 0.1) is 6.10 Å². The Bertz CT molecular complexity index is 83.6. The maximum atomic E-state index is 5.55. The summed E-state index contributed by atoms with van der Waals surface area (Å²) in [5.41, 5.74) is 5.38. The van der Waals surface area contributed by atoms with Crippen molar-refractivity contribution in [2.45, 2.75) is 39.7 Å². The average Bonchev–Trinajstić information content (AvgIpc) is 1.97. The summed E-state index contributed by atoms with van der Waals surface area (Å²) in [6.45, 7) is 8.07. The molecule has 0 saturated carbocycles. The molecule has 0 aliphatic carbocycles. The van der Waals surface area contributed by atoms with Crippen LogP contribution in [-0.2, 0) is 4.74 Å². The first-order chi connectivity index (χ1) is 5.16. The van der Waals surface area contributed by atoms with E-state index in [0.29, 0.717) is 12.0 Å². The molecule has 1 atom stereocenters. The van der Waals surface area contributed by atoms with Crippen LogP contribution in [0.3, 0.4) is 0 Å². The summed E-state index contributed by atoms with van der Waals surface area (Å²) in [6, 6.07) is 0. The highest BCUT2D eigenvalue weighted by Gasteiger charge is 2.01. The largest absolute Gasteiger partial charge is 0.378 e. The molecular weight excluding hydrogens is 138 g/mol. The number of hydrogen-bond donors (Lipinski definition) is 1. The molecule has 0 aliphatic rings. The summed E-state index contributed by atoms with van der Waals surface area (Å²) in [7, 11) is 0. The molecule has 0 heterocycles. The number of ether oxygens (including phenoxy) is 1. The van der Waals surface area contributed by atoms with E-state index in [0.717, 1.165) is 26.0 Å². The lowest BCUT2D eigenvalue weighted by Gasteiger charge is -2.13. The van der Waals surface area contributed by atoms with Crippen LogP contribution in [0.2, 0.25) is 0 Å². The van der Waals surface area contributed by atoms with Gasteiger partial charge in [0.2, 0.25) is 0 Å². The standard InChI is InChI=1S/C9H21NO/c1-8(2)7-11-9(3)5-4-6-10/h8-9H,4-7,10H2,1-3H3. The molecule has 2 nitrogen and oxygen atoms in total. The maximum Gasteiger partial charge on any atom is 0.0547 e. The van der Waals surface area contributed by atoms with E-state index in [1.54, 1.807) is 0 Å². The van der Waals surface area contributed by atoms with E-state index in [1.165, 1.54) is 0 Å². The molecule has 0 aromatic carbocycles. The molecule has 2 heteroatoms. The monoisotopic (exact) mass is 159 g/mol.